The molecule has 790 valence electrons. The molecule has 0 spiro atoms. The summed E-state index contributed by atoms with van der Waals surface area (Å²) in [6, 6.07) is 84.8. The molecular weight excluding hydrogens is 1950 g/mol. The van der Waals surface area contributed by atoms with E-state index >= 15 is 0 Å². The Bertz CT molecular complexity index is 7430. The molecule has 0 saturated heterocycles. The van der Waals surface area contributed by atoms with E-state index in [1.807, 2.05) is 145 Å². The van der Waals surface area contributed by atoms with Crippen LogP contribution < -0.4 is 52.0 Å². The van der Waals surface area contributed by atoms with E-state index in [9.17, 15) is 29.3 Å². The van der Waals surface area contributed by atoms with Gasteiger partial charge in [-0.1, -0.05) is 358 Å². The van der Waals surface area contributed by atoms with Crippen LogP contribution in [-0.2, 0) is 0 Å². The van der Waals surface area contributed by atoms with Gasteiger partial charge < -0.3 is 42.8 Å². The second-order valence-corrected chi connectivity index (χ2v) is 41.4. The molecule has 2 aliphatic rings. The normalized spacial score (nSPS) is 11.3. The molecule has 17 aromatic rings. The van der Waals surface area contributed by atoms with Gasteiger partial charge in [0.25, 0.3) is 11.2 Å². The van der Waals surface area contributed by atoms with E-state index in [-0.39, 0.29) is 65.8 Å². The van der Waals surface area contributed by atoms with Crippen LogP contribution in [0.2, 0.25) is 5.02 Å². The van der Waals surface area contributed by atoms with Gasteiger partial charge in [-0.05, 0) is 242 Å². The zero-order valence-electron chi connectivity index (χ0n) is 90.4. The molecule has 5 aromatic heterocycles. The summed E-state index contributed by atoms with van der Waals surface area (Å²) in [6.45, 7) is 55.4. The molecule has 0 fully saturated rings. The Kier molecular flexibility index (Phi) is 47.4. The molecular formula is C125H153BrClN9O13. The topological polar surface area (TPSA) is 286 Å². The lowest BCUT2D eigenvalue weighted by Crippen LogP contribution is -2.25. The number of aryl methyl sites for hydroxylation is 2. The van der Waals surface area contributed by atoms with E-state index in [4.69, 9.17) is 49.5 Å². The Balaban J connectivity index is 0.000000223. The number of non-ortho nitro benzene ring substituents is 1. The predicted molar refractivity (Wildman–Crippen MR) is 623 cm³/mol. The number of halogens is 2. The van der Waals surface area contributed by atoms with Gasteiger partial charge in [0.2, 0.25) is 25.5 Å². The Labute approximate surface area is 893 Å². The molecule has 0 bridgehead atoms. The van der Waals surface area contributed by atoms with Crippen molar-refractivity contribution in [3.63, 3.8) is 0 Å². The van der Waals surface area contributed by atoms with Gasteiger partial charge in [0.15, 0.2) is 23.0 Å². The molecule has 0 saturated carbocycles. The van der Waals surface area contributed by atoms with Crippen LogP contribution in [0.15, 0.2) is 298 Å². The summed E-state index contributed by atoms with van der Waals surface area (Å²) in [5.74, 6) is 9.85. The van der Waals surface area contributed by atoms with E-state index in [0.717, 1.165) is 93.2 Å². The van der Waals surface area contributed by atoms with E-state index in [2.05, 4.69) is 302 Å². The average Bonchev–Trinajstić information content (AvgIpc) is 1.27. The first-order valence-corrected chi connectivity index (χ1v) is 51.5. The number of nitro benzene ring substituents is 1. The quantitative estimate of drug-likeness (QED) is 0.0458. The SMILES string of the molecule is C.C.CC(C)c1cc(=O)oc2ccc3ccccc3c12.CC(C)c1cc2c(cc1Cl)OCO2.CC(C)c1ccc(Br)cc1.CC(C)c1ccc([N+](=O)[O-])cc1.CC(C)c1ccc2c(c1)OCO2.CC(C)c1cccc2ccccc12.CC(C)c1ccccc1.CC(C)c1nc(N)nc(N(C)C)n1.CC(C)n1nnc2ccccc2c1=O.Cc1cc2oc(=O)cc(C(C)C)c2cc1C(C)C.Cc1ccc2c(C(C)C)cc(=O)oc2c1. The van der Waals surface area contributed by atoms with Crippen LogP contribution in [0.5, 0.6) is 23.0 Å². The van der Waals surface area contributed by atoms with Crippen molar-refractivity contribution in [2.24, 2.45) is 0 Å². The Morgan fingerprint density at radius 1 is 0.383 bits per heavy atom. The number of nitrogen functional groups attached to an aromatic ring is 1. The minimum absolute atomic E-state index is 0. The Morgan fingerprint density at radius 3 is 1.35 bits per heavy atom. The van der Waals surface area contributed by atoms with Crippen molar-refractivity contribution in [3.8, 4) is 23.0 Å². The zero-order chi connectivity index (χ0) is 108. The van der Waals surface area contributed by atoms with Crippen molar-refractivity contribution in [2.45, 2.75) is 266 Å². The summed E-state index contributed by atoms with van der Waals surface area (Å²) in [5.41, 5.74) is 22.1. The first kappa shape index (κ1) is 122. The van der Waals surface area contributed by atoms with Crippen LogP contribution >= 0.6 is 27.5 Å². The lowest BCUT2D eigenvalue weighted by molar-refractivity contribution is -0.384. The third-order valence-corrected chi connectivity index (χ3v) is 25.2. The number of aromatic nitrogens is 6. The molecule has 2 N–H and O–H groups in total. The van der Waals surface area contributed by atoms with Crippen LogP contribution in [0.1, 0.15) is 325 Å². The molecule has 0 aliphatic carbocycles. The van der Waals surface area contributed by atoms with Crippen molar-refractivity contribution in [1.29, 1.82) is 0 Å². The summed E-state index contributed by atoms with van der Waals surface area (Å²) in [6.07, 6.45) is 0. The maximum atomic E-state index is 11.8. The second kappa shape index (κ2) is 58.0. The predicted octanol–water partition coefficient (Wildman–Crippen LogP) is 33.7. The lowest BCUT2D eigenvalue weighted by atomic mass is 9.92. The summed E-state index contributed by atoms with van der Waals surface area (Å²) in [4.78, 5) is 70.3. The minimum Gasteiger partial charge on any atom is -0.454 e. The maximum Gasteiger partial charge on any atom is 0.336 e. The Hall–Kier alpha value is -14.2. The van der Waals surface area contributed by atoms with Crippen LogP contribution in [0.3, 0.4) is 0 Å². The second-order valence-electron chi connectivity index (χ2n) is 40.0. The van der Waals surface area contributed by atoms with Crippen LogP contribution in [0.4, 0.5) is 17.6 Å². The number of nitrogens with two attached hydrogens (primary N) is 1. The van der Waals surface area contributed by atoms with E-state index in [1.54, 1.807) is 42.5 Å². The fourth-order valence-corrected chi connectivity index (χ4v) is 16.5. The largest absolute Gasteiger partial charge is 0.454 e. The van der Waals surface area contributed by atoms with Gasteiger partial charge in [-0.3, -0.25) is 14.9 Å². The highest BCUT2D eigenvalue weighted by atomic mass is 79.9. The minimum atomic E-state index is -0.385. The standard InChI is InChI=1S/C16H14O2.C16H20O2.C13H14O2.C13H14.C10H11ClO2.C10H11N3O.C10H12O2.C9H11Br.C9H11NO2.C9H12.C8H15N5.2CH4/c1-10(2)13-9-15(17)18-14-8-7-11-5-3-4-6-12(11)16(13)14;1-9(2)12-7-14-13(10(3)4)8-16(17)18-15(14)6-11(12)5;1-8(2)11-7-13(14)15-12-6-9(3)4-5-10(11)12;1-10(2)12-9-5-7-11-6-3-4-8-13(11)12;1-6(2)7-3-9-10(4-8(7)11)13-5-12-9;1-7(2)13-10(14)8-5-3-4-6-9(8)11-12-13;1-7(2)8-3-4-9-10(5-8)12-6-11-9;1-7(2)8-3-5-9(10)6-4-8;1-7(2)8-3-5-9(6-4-8)10(11)12;1-8(2)9-6-4-3-5-7-9;1-5(2)6-10-7(9)12-8(11-6)13(3)4;;/h3-10H,1-2H3;6-10H,1-5H3;4-8H,1-3H3;3-10H,1-2H3;3-4,6H,5H2,1-2H3;3-7H,1-2H3;3-5,7H,6H2,1-2H3;3-7H,1-2H3;3-7H,1-2H3;3-8H,1-2H3;5H,1-4H3,(H2,9,10,11,12);2*1H4. The van der Waals surface area contributed by atoms with Gasteiger partial charge in [-0.2, -0.15) is 15.0 Å². The fraction of sp³-hybridized carbons (Fsp3) is 0.352. The number of ether oxygens (including phenoxy) is 4. The van der Waals surface area contributed by atoms with Crippen LogP contribution in [-0.4, -0.2) is 62.6 Å². The number of nitrogens with zero attached hydrogens (tertiary/aromatic N) is 8. The summed E-state index contributed by atoms with van der Waals surface area (Å²) < 4.78 is 39.3. The van der Waals surface area contributed by atoms with Crippen molar-refractivity contribution in [2.75, 3.05) is 38.3 Å². The molecule has 0 amide bonds. The van der Waals surface area contributed by atoms with E-state index in [1.165, 1.54) is 66.4 Å². The molecule has 0 unspecified atom stereocenters. The number of benzene rings is 12. The third-order valence-electron chi connectivity index (χ3n) is 24.3. The molecule has 12 aromatic carbocycles. The van der Waals surface area contributed by atoms with Gasteiger partial charge in [0, 0.05) is 82.1 Å². The first-order chi connectivity index (χ1) is 69.7. The third kappa shape index (κ3) is 35.3. The van der Waals surface area contributed by atoms with Crippen molar-refractivity contribution < 1.29 is 37.1 Å². The van der Waals surface area contributed by atoms with Gasteiger partial charge in [-0.15, -0.1) is 5.10 Å². The molecule has 19 rings (SSSR count). The molecule has 7 heterocycles. The highest BCUT2D eigenvalue weighted by molar-refractivity contribution is 9.10. The van der Waals surface area contributed by atoms with Crippen molar-refractivity contribution in [1.82, 2.24) is 29.9 Å². The van der Waals surface area contributed by atoms with E-state index in [0.29, 0.717) is 106 Å². The molecule has 24 heteroatoms. The highest BCUT2D eigenvalue weighted by Gasteiger charge is 2.21. The van der Waals surface area contributed by atoms with Crippen molar-refractivity contribution >= 4 is 110 Å². The van der Waals surface area contributed by atoms with Gasteiger partial charge >= 0.3 is 16.9 Å². The maximum absolute atomic E-state index is 11.8. The number of fused-ring (bicyclic) bond motifs is 9. The first-order valence-electron chi connectivity index (χ1n) is 50.3. The number of rotatable bonds is 14. The smallest absolute Gasteiger partial charge is 0.336 e. The fourth-order valence-electron chi connectivity index (χ4n) is 15.9. The molecule has 22 nitrogen and oxygen atoms in total. The zero-order valence-corrected chi connectivity index (χ0v) is 92.7. The monoisotopic (exact) mass is 2100 g/mol. The van der Waals surface area contributed by atoms with Gasteiger partial charge in [-0.25, -0.2) is 19.1 Å². The Morgan fingerprint density at radius 2 is 0.832 bits per heavy atom. The van der Waals surface area contributed by atoms with Crippen LogP contribution in [0, 0.1) is 24.0 Å². The van der Waals surface area contributed by atoms with Gasteiger partial charge in [0.1, 0.15) is 28.1 Å². The summed E-state index contributed by atoms with van der Waals surface area (Å²) in [5, 5.41) is 27.7. The number of nitro groups is 1. The summed E-state index contributed by atoms with van der Waals surface area (Å²) in [7, 11) is 3.75. The average molecular weight is 2110 g/mol. The molecule has 0 atom stereocenters. The van der Waals surface area contributed by atoms with Crippen molar-refractivity contribution in [3.05, 3.63) is 395 Å². The molecule has 0 radical (unpaired) electrons. The lowest BCUT2D eigenvalue weighted by Gasteiger charge is -2.14. The highest BCUT2D eigenvalue weighted by Crippen LogP contribution is 2.41. The molecule has 149 heavy (non-hydrogen) atoms. The summed E-state index contributed by atoms with van der Waals surface area (Å²) >= 11 is 9.46. The van der Waals surface area contributed by atoms with E-state index < -0.39 is 0 Å². The molecule has 2 aliphatic heterocycles. The number of hydrogen-bond donors (Lipinski definition) is 1. The number of hydrogen-bond acceptors (Lipinski definition) is 20. The number of anilines is 2. The van der Waals surface area contributed by atoms with Crippen LogP contribution in [0.25, 0.3) is 65.4 Å². The van der Waals surface area contributed by atoms with Gasteiger partial charge in [0.05, 0.1) is 16.4 Å².